The van der Waals surface area contributed by atoms with Crippen LogP contribution < -0.4 is 6.15 Å². The molecule has 0 amide bonds. The fraction of sp³-hybridized carbons (Fsp3) is 0.923. The predicted molar refractivity (Wildman–Crippen MR) is 70.3 cm³/mol. The highest BCUT2D eigenvalue weighted by atomic mass is 16.5. The predicted octanol–water partition coefficient (Wildman–Crippen LogP) is 3.21. The van der Waals surface area contributed by atoms with Gasteiger partial charge in [-0.15, -0.1) is 0 Å². The Hall–Kier alpha value is -0.610. The summed E-state index contributed by atoms with van der Waals surface area (Å²) in [5, 5.41) is 8.87. The van der Waals surface area contributed by atoms with Crippen molar-refractivity contribution < 1.29 is 14.6 Å². The average molecular weight is 247 g/mol. The standard InChI is InChI=1S/C13H26O3.H3N/c1-3-4-5-6-7-8-9-10-11-16-13(15)12(2)14;/h12,14H,3-11H2,1-2H3;1H3. The van der Waals surface area contributed by atoms with Gasteiger partial charge in [0.15, 0.2) is 0 Å². The lowest BCUT2D eigenvalue weighted by atomic mass is 10.1. The van der Waals surface area contributed by atoms with Crippen molar-refractivity contribution in [1.29, 1.82) is 0 Å². The molecule has 0 spiro atoms. The minimum atomic E-state index is -0.992. The molecule has 0 radical (unpaired) electrons. The SMILES string of the molecule is CCCCCCCCCCOC(=O)C(C)O.N. The number of ether oxygens (including phenoxy) is 1. The molecule has 0 aromatic carbocycles. The summed E-state index contributed by atoms with van der Waals surface area (Å²) in [6.45, 7) is 4.09. The van der Waals surface area contributed by atoms with Gasteiger partial charge in [-0.1, -0.05) is 51.9 Å². The van der Waals surface area contributed by atoms with Gasteiger partial charge in [-0.25, -0.2) is 4.79 Å². The number of esters is 1. The minimum Gasteiger partial charge on any atom is -0.464 e. The third-order valence-electron chi connectivity index (χ3n) is 2.58. The van der Waals surface area contributed by atoms with Gasteiger partial charge >= 0.3 is 5.97 Å². The molecule has 0 saturated carbocycles. The summed E-state index contributed by atoms with van der Waals surface area (Å²) in [5.74, 6) is -0.511. The number of carbonyl (C=O) groups excluding carboxylic acids is 1. The molecular formula is C13H29NO3. The van der Waals surface area contributed by atoms with Gasteiger partial charge in [0, 0.05) is 0 Å². The van der Waals surface area contributed by atoms with Crippen molar-refractivity contribution in [3.8, 4) is 0 Å². The van der Waals surface area contributed by atoms with E-state index in [1.165, 1.54) is 45.4 Å². The Bertz CT molecular complexity index is 172. The van der Waals surface area contributed by atoms with E-state index >= 15 is 0 Å². The molecule has 0 aliphatic heterocycles. The summed E-state index contributed by atoms with van der Waals surface area (Å²) < 4.78 is 4.86. The lowest BCUT2D eigenvalue weighted by Crippen LogP contribution is -2.19. The molecule has 4 N–H and O–H groups in total. The van der Waals surface area contributed by atoms with Crippen LogP contribution in [-0.4, -0.2) is 23.8 Å². The molecule has 0 saturated heterocycles. The molecule has 0 rings (SSSR count). The fourth-order valence-electron chi connectivity index (χ4n) is 1.53. The molecule has 1 unspecified atom stereocenters. The molecule has 0 aliphatic rings. The first kappa shape index (κ1) is 18.7. The van der Waals surface area contributed by atoms with E-state index < -0.39 is 12.1 Å². The van der Waals surface area contributed by atoms with Crippen LogP contribution in [0.2, 0.25) is 0 Å². The Morgan fingerprint density at radius 3 is 2.00 bits per heavy atom. The van der Waals surface area contributed by atoms with Crippen LogP contribution >= 0.6 is 0 Å². The van der Waals surface area contributed by atoms with E-state index in [-0.39, 0.29) is 6.15 Å². The Morgan fingerprint density at radius 1 is 1.06 bits per heavy atom. The molecular weight excluding hydrogens is 218 g/mol. The van der Waals surface area contributed by atoms with E-state index in [4.69, 9.17) is 9.84 Å². The molecule has 4 heteroatoms. The summed E-state index contributed by atoms with van der Waals surface area (Å²) in [7, 11) is 0. The second kappa shape index (κ2) is 13.5. The van der Waals surface area contributed by atoms with E-state index in [0.717, 1.165) is 12.8 Å². The fourth-order valence-corrected chi connectivity index (χ4v) is 1.53. The van der Waals surface area contributed by atoms with E-state index in [1.807, 2.05) is 0 Å². The van der Waals surface area contributed by atoms with Crippen LogP contribution in [0, 0.1) is 0 Å². The van der Waals surface area contributed by atoms with Gasteiger partial charge in [-0.05, 0) is 13.3 Å². The van der Waals surface area contributed by atoms with Crippen molar-refractivity contribution in [3.05, 3.63) is 0 Å². The lowest BCUT2D eigenvalue weighted by Gasteiger charge is -2.06. The Morgan fingerprint density at radius 2 is 1.53 bits per heavy atom. The zero-order valence-electron chi connectivity index (χ0n) is 11.4. The van der Waals surface area contributed by atoms with Gasteiger partial charge < -0.3 is 16.0 Å². The van der Waals surface area contributed by atoms with Gasteiger partial charge in [-0.3, -0.25) is 0 Å². The average Bonchev–Trinajstić information content (AvgIpc) is 2.26. The maximum absolute atomic E-state index is 10.9. The third kappa shape index (κ3) is 13.3. The number of carbonyl (C=O) groups is 1. The molecule has 0 fully saturated rings. The molecule has 0 aromatic rings. The Labute approximate surface area is 105 Å². The highest BCUT2D eigenvalue weighted by Gasteiger charge is 2.08. The van der Waals surface area contributed by atoms with Crippen LogP contribution in [0.15, 0.2) is 0 Å². The lowest BCUT2D eigenvalue weighted by molar-refractivity contribution is -0.152. The number of aliphatic hydroxyl groups excluding tert-OH is 1. The van der Waals surface area contributed by atoms with Crippen LogP contribution in [0.25, 0.3) is 0 Å². The quantitative estimate of drug-likeness (QED) is 0.459. The molecule has 1 atom stereocenters. The van der Waals surface area contributed by atoms with Crippen molar-refractivity contribution >= 4 is 5.97 Å². The van der Waals surface area contributed by atoms with E-state index in [2.05, 4.69) is 6.92 Å². The second-order valence-corrected chi connectivity index (χ2v) is 4.32. The largest absolute Gasteiger partial charge is 0.464 e. The van der Waals surface area contributed by atoms with Gasteiger partial charge in [0.25, 0.3) is 0 Å². The summed E-state index contributed by atoms with van der Waals surface area (Å²) in [5.41, 5.74) is 0. The number of rotatable bonds is 10. The first-order valence-electron chi connectivity index (χ1n) is 6.53. The van der Waals surface area contributed by atoms with Crippen molar-refractivity contribution in [3.63, 3.8) is 0 Å². The molecule has 0 bridgehead atoms. The second-order valence-electron chi connectivity index (χ2n) is 4.32. The highest BCUT2D eigenvalue weighted by Crippen LogP contribution is 2.08. The maximum atomic E-state index is 10.9. The van der Waals surface area contributed by atoms with Crippen molar-refractivity contribution in [2.75, 3.05) is 6.61 Å². The molecule has 104 valence electrons. The normalized spacial score (nSPS) is 11.7. The molecule has 0 aromatic heterocycles. The van der Waals surface area contributed by atoms with Gasteiger partial charge in [0.2, 0.25) is 0 Å². The number of hydrogen-bond acceptors (Lipinski definition) is 4. The monoisotopic (exact) mass is 247 g/mol. The number of unbranched alkanes of at least 4 members (excludes halogenated alkanes) is 7. The van der Waals surface area contributed by atoms with Crippen LogP contribution in [-0.2, 0) is 9.53 Å². The van der Waals surface area contributed by atoms with Crippen molar-refractivity contribution in [1.82, 2.24) is 6.15 Å². The summed E-state index contributed by atoms with van der Waals surface area (Å²) in [6.07, 6.45) is 8.82. The zero-order chi connectivity index (χ0) is 12.2. The maximum Gasteiger partial charge on any atom is 0.334 e. The van der Waals surface area contributed by atoms with E-state index in [0.29, 0.717) is 6.61 Å². The van der Waals surface area contributed by atoms with Crippen LogP contribution in [0.3, 0.4) is 0 Å². The summed E-state index contributed by atoms with van der Waals surface area (Å²) >= 11 is 0. The molecule has 0 heterocycles. The molecule has 0 aliphatic carbocycles. The van der Waals surface area contributed by atoms with Crippen LogP contribution in [0.4, 0.5) is 0 Å². The van der Waals surface area contributed by atoms with Gasteiger partial charge in [-0.2, -0.15) is 0 Å². The van der Waals surface area contributed by atoms with Crippen molar-refractivity contribution in [2.45, 2.75) is 71.3 Å². The first-order valence-corrected chi connectivity index (χ1v) is 6.53. The Kier molecular flexibility index (Phi) is 14.8. The van der Waals surface area contributed by atoms with Crippen LogP contribution in [0.5, 0.6) is 0 Å². The Balaban J connectivity index is 0. The summed E-state index contributed by atoms with van der Waals surface area (Å²) in [6, 6.07) is 0. The number of hydrogen-bond donors (Lipinski definition) is 2. The van der Waals surface area contributed by atoms with Crippen molar-refractivity contribution in [2.24, 2.45) is 0 Å². The molecule has 17 heavy (non-hydrogen) atoms. The van der Waals surface area contributed by atoms with Gasteiger partial charge in [0.05, 0.1) is 6.61 Å². The zero-order valence-corrected chi connectivity index (χ0v) is 11.4. The highest BCUT2D eigenvalue weighted by molar-refractivity contribution is 5.73. The van der Waals surface area contributed by atoms with E-state index in [1.54, 1.807) is 0 Å². The first-order chi connectivity index (χ1) is 7.68. The number of aliphatic hydroxyl groups is 1. The minimum absolute atomic E-state index is 0. The van der Waals surface area contributed by atoms with Crippen LogP contribution in [0.1, 0.15) is 65.2 Å². The third-order valence-corrected chi connectivity index (χ3v) is 2.58. The smallest absolute Gasteiger partial charge is 0.334 e. The topological polar surface area (TPSA) is 81.5 Å². The van der Waals surface area contributed by atoms with Gasteiger partial charge in [0.1, 0.15) is 6.10 Å². The summed E-state index contributed by atoms with van der Waals surface area (Å²) in [4.78, 5) is 10.9. The van der Waals surface area contributed by atoms with E-state index in [9.17, 15) is 4.79 Å². The molecule has 4 nitrogen and oxygen atoms in total.